The van der Waals surface area contributed by atoms with Gasteiger partial charge >= 0.3 is 0 Å². The average Bonchev–Trinajstić information content (AvgIpc) is 2.59. The third kappa shape index (κ3) is 2.27. The molecule has 0 unspecified atom stereocenters. The van der Waals surface area contributed by atoms with E-state index >= 15 is 0 Å². The highest BCUT2D eigenvalue weighted by Gasteiger charge is 2.10. The molecule has 0 radical (unpaired) electrons. The molecule has 5 nitrogen and oxygen atoms in total. The molecular weight excluding hydrogens is 272 g/mol. The molecule has 82 valence electrons. The van der Waals surface area contributed by atoms with Gasteiger partial charge in [-0.05, 0) is 28.1 Å². The van der Waals surface area contributed by atoms with E-state index in [1.54, 1.807) is 42.5 Å². The quantitative estimate of drug-likeness (QED) is 0.913. The Morgan fingerprint density at radius 3 is 2.69 bits per heavy atom. The van der Waals surface area contributed by atoms with Crippen molar-refractivity contribution in [3.05, 3.63) is 40.8 Å². The highest BCUT2D eigenvalue weighted by Crippen LogP contribution is 2.19. The average molecular weight is 281 g/mol. The Bertz CT molecular complexity index is 509. The van der Waals surface area contributed by atoms with E-state index in [1.165, 1.54) is 0 Å². The predicted octanol–water partition coefficient (Wildman–Crippen LogP) is 1.83. The van der Waals surface area contributed by atoms with Gasteiger partial charge in [0.2, 0.25) is 0 Å². The van der Waals surface area contributed by atoms with Gasteiger partial charge in [-0.1, -0.05) is 0 Å². The minimum atomic E-state index is -0.207. The molecule has 0 aromatic carbocycles. The summed E-state index contributed by atoms with van der Waals surface area (Å²) >= 11 is 3.31. The van der Waals surface area contributed by atoms with Gasteiger partial charge in [-0.25, -0.2) is 0 Å². The minimum absolute atomic E-state index is 0.207. The van der Waals surface area contributed by atoms with Crippen LogP contribution >= 0.6 is 15.9 Å². The zero-order valence-electron chi connectivity index (χ0n) is 8.51. The standard InChI is InChI=1S/C10H9BrN4O/c1-15-6-8(11)9(14-15)13-10(16)7-2-4-12-5-3-7/h2-6H,1H3,(H,13,14,16). The lowest BCUT2D eigenvalue weighted by Gasteiger charge is -2.01. The number of anilines is 1. The van der Waals surface area contributed by atoms with Gasteiger partial charge in [0.25, 0.3) is 5.91 Å². The van der Waals surface area contributed by atoms with Gasteiger partial charge in [0.15, 0.2) is 5.82 Å². The van der Waals surface area contributed by atoms with Crippen molar-refractivity contribution in [2.75, 3.05) is 5.32 Å². The van der Waals surface area contributed by atoms with Crippen molar-refractivity contribution >= 4 is 27.7 Å². The van der Waals surface area contributed by atoms with Crippen molar-refractivity contribution in [2.45, 2.75) is 0 Å². The number of carbonyl (C=O) groups excluding carboxylic acids is 1. The van der Waals surface area contributed by atoms with E-state index in [9.17, 15) is 4.79 Å². The molecule has 1 N–H and O–H groups in total. The first kappa shape index (κ1) is 10.8. The van der Waals surface area contributed by atoms with Crippen LogP contribution < -0.4 is 5.32 Å². The summed E-state index contributed by atoms with van der Waals surface area (Å²) in [6.45, 7) is 0. The summed E-state index contributed by atoms with van der Waals surface area (Å²) in [4.78, 5) is 15.6. The maximum absolute atomic E-state index is 11.8. The van der Waals surface area contributed by atoms with E-state index in [0.717, 1.165) is 4.47 Å². The smallest absolute Gasteiger partial charge is 0.257 e. The van der Waals surface area contributed by atoms with Gasteiger partial charge in [-0.15, -0.1) is 0 Å². The number of nitrogens with zero attached hydrogens (tertiary/aromatic N) is 3. The Hall–Kier alpha value is -1.69. The molecule has 0 aliphatic carbocycles. The van der Waals surface area contributed by atoms with Crippen LogP contribution in [0.15, 0.2) is 35.2 Å². The van der Waals surface area contributed by atoms with Crippen LogP contribution in [0.4, 0.5) is 5.82 Å². The molecule has 2 aromatic rings. The molecule has 0 saturated carbocycles. The molecule has 0 atom stereocenters. The Morgan fingerprint density at radius 1 is 1.44 bits per heavy atom. The number of hydrogen-bond acceptors (Lipinski definition) is 3. The van der Waals surface area contributed by atoms with Crippen LogP contribution in [0.25, 0.3) is 0 Å². The van der Waals surface area contributed by atoms with Crippen LogP contribution in [0, 0.1) is 0 Å². The Labute approximate surface area is 101 Å². The van der Waals surface area contributed by atoms with Crippen LogP contribution in [0.5, 0.6) is 0 Å². The Kier molecular flexibility index (Phi) is 3.00. The monoisotopic (exact) mass is 280 g/mol. The molecule has 0 aliphatic rings. The first-order chi connectivity index (χ1) is 7.66. The summed E-state index contributed by atoms with van der Waals surface area (Å²) in [5.41, 5.74) is 0.549. The van der Waals surface area contributed by atoms with Crippen LogP contribution in [0.1, 0.15) is 10.4 Å². The van der Waals surface area contributed by atoms with Crippen molar-refractivity contribution in [3.8, 4) is 0 Å². The fourth-order valence-electron chi connectivity index (χ4n) is 1.23. The number of amides is 1. The molecule has 2 aromatic heterocycles. The van der Waals surface area contributed by atoms with Crippen molar-refractivity contribution in [1.29, 1.82) is 0 Å². The molecule has 0 saturated heterocycles. The van der Waals surface area contributed by atoms with Gasteiger partial charge in [0.05, 0.1) is 4.47 Å². The van der Waals surface area contributed by atoms with Crippen LogP contribution in [0.3, 0.4) is 0 Å². The van der Waals surface area contributed by atoms with E-state index in [-0.39, 0.29) is 5.91 Å². The first-order valence-electron chi connectivity index (χ1n) is 4.57. The van der Waals surface area contributed by atoms with E-state index in [0.29, 0.717) is 11.4 Å². The van der Waals surface area contributed by atoms with E-state index in [1.807, 2.05) is 0 Å². The largest absolute Gasteiger partial charge is 0.304 e. The molecule has 0 spiro atoms. The molecule has 0 fully saturated rings. The number of nitrogens with one attached hydrogen (secondary N) is 1. The molecule has 0 bridgehead atoms. The maximum Gasteiger partial charge on any atom is 0.257 e. The summed E-state index contributed by atoms with van der Waals surface area (Å²) < 4.78 is 2.36. The minimum Gasteiger partial charge on any atom is -0.304 e. The highest BCUT2D eigenvalue weighted by molar-refractivity contribution is 9.10. The lowest BCUT2D eigenvalue weighted by atomic mass is 10.2. The summed E-state index contributed by atoms with van der Waals surface area (Å²) in [5, 5.41) is 6.80. The Balaban J connectivity index is 2.17. The number of carbonyl (C=O) groups is 1. The lowest BCUT2D eigenvalue weighted by molar-refractivity contribution is 0.102. The number of hydrogen-bond donors (Lipinski definition) is 1. The molecular formula is C10H9BrN4O. The van der Waals surface area contributed by atoms with Crippen molar-refractivity contribution in [3.63, 3.8) is 0 Å². The SMILES string of the molecule is Cn1cc(Br)c(NC(=O)c2ccncc2)n1. The van der Waals surface area contributed by atoms with Crippen molar-refractivity contribution in [2.24, 2.45) is 7.05 Å². The van der Waals surface area contributed by atoms with Gasteiger partial charge in [0, 0.05) is 31.2 Å². The zero-order valence-corrected chi connectivity index (χ0v) is 10.1. The van der Waals surface area contributed by atoms with E-state index < -0.39 is 0 Å². The van der Waals surface area contributed by atoms with Crippen LogP contribution in [-0.2, 0) is 7.05 Å². The van der Waals surface area contributed by atoms with Gasteiger partial charge in [0.1, 0.15) is 0 Å². The maximum atomic E-state index is 11.8. The van der Waals surface area contributed by atoms with Crippen LogP contribution in [0.2, 0.25) is 0 Å². The molecule has 6 heteroatoms. The molecule has 2 heterocycles. The predicted molar refractivity (Wildman–Crippen MR) is 63.1 cm³/mol. The zero-order chi connectivity index (χ0) is 11.5. The normalized spacial score (nSPS) is 10.1. The van der Waals surface area contributed by atoms with Gasteiger partial charge < -0.3 is 5.32 Å². The number of halogens is 1. The summed E-state index contributed by atoms with van der Waals surface area (Å²) in [6, 6.07) is 3.29. The third-order valence-corrected chi connectivity index (χ3v) is 2.54. The number of pyridine rings is 1. The van der Waals surface area contributed by atoms with Gasteiger partial charge in [-0.3, -0.25) is 14.5 Å². The fourth-order valence-corrected chi connectivity index (χ4v) is 1.70. The van der Waals surface area contributed by atoms with Crippen molar-refractivity contribution < 1.29 is 4.79 Å². The second-order valence-electron chi connectivity index (χ2n) is 3.19. The molecule has 16 heavy (non-hydrogen) atoms. The number of rotatable bonds is 2. The molecule has 0 aliphatic heterocycles. The second kappa shape index (κ2) is 4.44. The van der Waals surface area contributed by atoms with Crippen LogP contribution in [-0.4, -0.2) is 20.7 Å². The molecule has 1 amide bonds. The number of aryl methyl sites for hydroxylation is 1. The van der Waals surface area contributed by atoms with E-state index in [2.05, 4.69) is 31.3 Å². The second-order valence-corrected chi connectivity index (χ2v) is 4.04. The topological polar surface area (TPSA) is 59.8 Å². The fraction of sp³-hybridized carbons (Fsp3) is 0.100. The van der Waals surface area contributed by atoms with E-state index in [4.69, 9.17) is 0 Å². The van der Waals surface area contributed by atoms with Crippen molar-refractivity contribution in [1.82, 2.24) is 14.8 Å². The first-order valence-corrected chi connectivity index (χ1v) is 5.36. The highest BCUT2D eigenvalue weighted by atomic mass is 79.9. The summed E-state index contributed by atoms with van der Waals surface area (Å²) in [5.74, 6) is 0.297. The third-order valence-electron chi connectivity index (χ3n) is 1.96. The summed E-state index contributed by atoms with van der Waals surface area (Å²) in [7, 11) is 1.78. The lowest BCUT2D eigenvalue weighted by Crippen LogP contribution is -2.12. The Morgan fingerprint density at radius 2 is 2.12 bits per heavy atom. The summed E-state index contributed by atoms with van der Waals surface area (Å²) in [6.07, 6.45) is 4.91. The number of aromatic nitrogens is 3. The van der Waals surface area contributed by atoms with Gasteiger partial charge in [-0.2, -0.15) is 5.10 Å². The molecule has 2 rings (SSSR count).